The number of anilines is 1. The van der Waals surface area contributed by atoms with Gasteiger partial charge in [0.25, 0.3) is 0 Å². The molecular weight excluding hydrogens is 248 g/mol. The third-order valence-electron chi connectivity index (χ3n) is 2.29. The molecule has 0 unspecified atom stereocenters. The van der Waals surface area contributed by atoms with E-state index in [0.29, 0.717) is 5.69 Å². The van der Waals surface area contributed by atoms with Crippen LogP contribution in [-0.4, -0.2) is 6.61 Å². The van der Waals surface area contributed by atoms with Gasteiger partial charge in [0.05, 0.1) is 5.69 Å². The number of hydrogen-bond acceptors (Lipinski definition) is 2. The first-order chi connectivity index (χ1) is 9.22. The van der Waals surface area contributed by atoms with E-state index in [-0.39, 0.29) is 0 Å². The Hall–Kier alpha value is -1.94. The predicted octanol–water partition coefficient (Wildman–Crippen LogP) is 4.50. The van der Waals surface area contributed by atoms with Crippen molar-refractivity contribution in [2.75, 3.05) is 5.48 Å². The summed E-state index contributed by atoms with van der Waals surface area (Å²) < 4.78 is 23.2. The van der Waals surface area contributed by atoms with Crippen molar-refractivity contribution in [3.63, 3.8) is 0 Å². The van der Waals surface area contributed by atoms with Crippen LogP contribution in [0.15, 0.2) is 60.7 Å². The van der Waals surface area contributed by atoms with Gasteiger partial charge in [0, 0.05) is 0 Å². The minimum atomic E-state index is -2.80. The molecule has 4 heteroatoms. The van der Waals surface area contributed by atoms with Gasteiger partial charge in [-0.05, 0) is 24.1 Å². The number of alkyl halides is 2. The summed E-state index contributed by atoms with van der Waals surface area (Å²) in [7, 11) is 0. The van der Waals surface area contributed by atoms with E-state index in [2.05, 4.69) is 10.3 Å². The topological polar surface area (TPSA) is 21.3 Å². The maximum Gasteiger partial charge on any atom is 0.364 e. The fourth-order valence-electron chi connectivity index (χ4n) is 1.31. The van der Waals surface area contributed by atoms with Crippen molar-refractivity contribution >= 4 is 5.69 Å². The van der Waals surface area contributed by atoms with Gasteiger partial charge in [-0.25, -0.2) is 4.84 Å². The molecule has 0 saturated heterocycles. The second-order valence-corrected chi connectivity index (χ2v) is 3.69. The lowest BCUT2D eigenvalue weighted by Gasteiger charge is -2.05. The van der Waals surface area contributed by atoms with E-state index >= 15 is 0 Å². The largest absolute Gasteiger partial charge is 0.364 e. The van der Waals surface area contributed by atoms with Crippen LogP contribution in [0.2, 0.25) is 0 Å². The van der Waals surface area contributed by atoms with E-state index in [1.807, 2.05) is 55.5 Å². The van der Waals surface area contributed by atoms with Crippen LogP contribution in [0.4, 0.5) is 14.5 Å². The van der Waals surface area contributed by atoms with Crippen LogP contribution in [0.3, 0.4) is 0 Å². The molecule has 0 atom stereocenters. The minimum absolute atomic E-state index is 0.525. The standard InChI is InChI=1S/C9H11F2NO.C6H6/c1-2-7-3-5-8(6-4-7)12-13-9(10)11;1-2-4-6-5-3-1/h3-6,9,12H,2H2,1H3;1-6H. The summed E-state index contributed by atoms with van der Waals surface area (Å²) in [4.78, 5) is 3.92. The van der Waals surface area contributed by atoms with Crippen molar-refractivity contribution in [2.45, 2.75) is 20.0 Å². The Morgan fingerprint density at radius 1 is 0.947 bits per heavy atom. The highest BCUT2D eigenvalue weighted by Crippen LogP contribution is 2.10. The molecule has 0 amide bonds. The Labute approximate surface area is 112 Å². The Bertz CT molecular complexity index is 405. The Kier molecular flexibility index (Phi) is 7.20. The quantitative estimate of drug-likeness (QED) is 0.822. The van der Waals surface area contributed by atoms with Gasteiger partial charge in [0.1, 0.15) is 0 Å². The van der Waals surface area contributed by atoms with Crippen LogP contribution in [-0.2, 0) is 11.3 Å². The maximum absolute atomic E-state index is 11.6. The molecule has 0 radical (unpaired) electrons. The zero-order chi connectivity index (χ0) is 13.9. The Balaban J connectivity index is 0.000000250. The van der Waals surface area contributed by atoms with Crippen LogP contribution < -0.4 is 5.48 Å². The highest BCUT2D eigenvalue weighted by atomic mass is 19.3. The molecule has 0 bridgehead atoms. The summed E-state index contributed by atoms with van der Waals surface area (Å²) in [6.07, 6.45) is 0.927. The number of hydrogen-bond donors (Lipinski definition) is 1. The van der Waals surface area contributed by atoms with Crippen LogP contribution in [0.5, 0.6) is 0 Å². The van der Waals surface area contributed by atoms with E-state index in [9.17, 15) is 8.78 Å². The fourth-order valence-corrected chi connectivity index (χ4v) is 1.31. The number of rotatable bonds is 4. The first-order valence-corrected chi connectivity index (χ1v) is 6.01. The molecule has 19 heavy (non-hydrogen) atoms. The van der Waals surface area contributed by atoms with Gasteiger partial charge < -0.3 is 0 Å². The molecule has 0 aliphatic carbocycles. The average Bonchev–Trinajstić information content (AvgIpc) is 2.48. The van der Waals surface area contributed by atoms with Crippen molar-refractivity contribution in [2.24, 2.45) is 0 Å². The third-order valence-corrected chi connectivity index (χ3v) is 2.29. The lowest BCUT2D eigenvalue weighted by atomic mass is 10.2. The van der Waals surface area contributed by atoms with Crippen molar-refractivity contribution in [1.82, 2.24) is 0 Å². The second-order valence-electron chi connectivity index (χ2n) is 3.69. The van der Waals surface area contributed by atoms with Crippen LogP contribution in [0.1, 0.15) is 12.5 Å². The zero-order valence-electron chi connectivity index (χ0n) is 10.7. The van der Waals surface area contributed by atoms with Gasteiger partial charge in [0.2, 0.25) is 0 Å². The molecule has 0 saturated carbocycles. The predicted molar refractivity (Wildman–Crippen MR) is 73.0 cm³/mol. The molecular formula is C15H17F2NO. The summed E-state index contributed by atoms with van der Waals surface area (Å²) >= 11 is 0. The van der Waals surface area contributed by atoms with E-state index in [1.54, 1.807) is 12.1 Å². The van der Waals surface area contributed by atoms with Crippen LogP contribution >= 0.6 is 0 Å². The fraction of sp³-hybridized carbons (Fsp3) is 0.200. The number of benzene rings is 2. The lowest BCUT2D eigenvalue weighted by molar-refractivity contribution is -0.105. The van der Waals surface area contributed by atoms with Crippen molar-refractivity contribution in [3.05, 3.63) is 66.2 Å². The summed E-state index contributed by atoms with van der Waals surface area (Å²) in [6.45, 7) is -0.774. The molecule has 2 rings (SSSR count). The smallest absolute Gasteiger partial charge is 0.261 e. The van der Waals surface area contributed by atoms with E-state index < -0.39 is 6.61 Å². The van der Waals surface area contributed by atoms with Gasteiger partial charge in [0.15, 0.2) is 0 Å². The molecule has 102 valence electrons. The second kappa shape index (κ2) is 9.05. The number of halogens is 2. The van der Waals surface area contributed by atoms with Crippen molar-refractivity contribution in [3.8, 4) is 0 Å². The number of nitrogens with one attached hydrogen (secondary N) is 1. The summed E-state index contributed by atoms with van der Waals surface area (Å²) in [6, 6.07) is 19.1. The van der Waals surface area contributed by atoms with Crippen LogP contribution in [0.25, 0.3) is 0 Å². The SMILES string of the molecule is CCc1ccc(NOC(F)F)cc1.c1ccccc1. The van der Waals surface area contributed by atoms with Crippen molar-refractivity contribution < 1.29 is 13.6 Å². The van der Waals surface area contributed by atoms with Gasteiger partial charge in [-0.1, -0.05) is 55.5 Å². The van der Waals surface area contributed by atoms with Gasteiger partial charge >= 0.3 is 6.61 Å². The first kappa shape index (κ1) is 15.1. The van der Waals surface area contributed by atoms with E-state index in [4.69, 9.17) is 0 Å². The van der Waals surface area contributed by atoms with Crippen molar-refractivity contribution in [1.29, 1.82) is 0 Å². The molecule has 0 aliphatic rings. The monoisotopic (exact) mass is 265 g/mol. The minimum Gasteiger partial charge on any atom is -0.261 e. The summed E-state index contributed by atoms with van der Waals surface area (Å²) in [5.41, 5.74) is 3.83. The summed E-state index contributed by atoms with van der Waals surface area (Å²) in [5, 5.41) is 0. The normalized spacial score (nSPS) is 9.68. The highest BCUT2D eigenvalue weighted by molar-refractivity contribution is 5.42. The van der Waals surface area contributed by atoms with Gasteiger partial charge in [-0.2, -0.15) is 8.78 Å². The Morgan fingerprint density at radius 3 is 1.79 bits per heavy atom. The molecule has 1 N–H and O–H groups in total. The highest BCUT2D eigenvalue weighted by Gasteiger charge is 2.00. The molecule has 0 spiro atoms. The van der Waals surface area contributed by atoms with Crippen LogP contribution in [0, 0.1) is 0 Å². The van der Waals surface area contributed by atoms with E-state index in [0.717, 1.165) is 12.0 Å². The molecule has 2 nitrogen and oxygen atoms in total. The lowest BCUT2D eigenvalue weighted by Crippen LogP contribution is -2.06. The summed E-state index contributed by atoms with van der Waals surface area (Å²) in [5.74, 6) is 0. The first-order valence-electron chi connectivity index (χ1n) is 6.01. The van der Waals surface area contributed by atoms with Gasteiger partial charge in [-0.15, -0.1) is 0 Å². The number of aryl methyl sites for hydroxylation is 1. The zero-order valence-corrected chi connectivity index (χ0v) is 10.7. The molecule has 0 aliphatic heterocycles. The molecule has 0 fully saturated rings. The maximum atomic E-state index is 11.6. The molecule has 2 aromatic rings. The van der Waals surface area contributed by atoms with E-state index in [1.165, 1.54) is 0 Å². The molecule has 2 aromatic carbocycles. The molecule has 0 aromatic heterocycles. The average molecular weight is 265 g/mol. The Morgan fingerprint density at radius 2 is 1.42 bits per heavy atom. The molecule has 0 heterocycles. The third kappa shape index (κ3) is 7.16. The van der Waals surface area contributed by atoms with Gasteiger partial charge in [-0.3, -0.25) is 5.48 Å².